The molecule has 0 aliphatic carbocycles. The van der Waals surface area contributed by atoms with Gasteiger partial charge in [0.05, 0.1) is 33.3 Å². The van der Waals surface area contributed by atoms with E-state index < -0.39 is 15.1 Å². The lowest BCUT2D eigenvalue weighted by Gasteiger charge is -2.20. The lowest BCUT2D eigenvalue weighted by molar-refractivity contribution is -0.118. The van der Waals surface area contributed by atoms with Crippen molar-refractivity contribution >= 4 is 42.4 Å². The Morgan fingerprint density at radius 1 is 0.939 bits per heavy atom. The van der Waals surface area contributed by atoms with E-state index in [0.29, 0.717) is 11.7 Å². The van der Waals surface area contributed by atoms with Crippen molar-refractivity contribution in [2.75, 3.05) is 4.90 Å². The molecule has 4 aromatic rings. The fraction of sp³-hybridized carbons (Fsp3) is 0.231. The van der Waals surface area contributed by atoms with Crippen molar-refractivity contribution in [3.8, 4) is 0 Å². The number of rotatable bonds is 7. The standard InChI is InChI=1S/C26H26N2O3S2/c1-18(2)33(30,31)22-14-12-20(13-15-22)16-24(29)28(17-21-9-5-4-6-10-21)26-27-25-19(3)8-7-11-23(25)32-26/h4-15,18H,16-17H2,1-3H3. The molecular formula is C26H26N2O3S2. The number of nitrogens with zero attached hydrogens (tertiary/aromatic N) is 2. The molecule has 0 saturated heterocycles. The first-order valence-corrected chi connectivity index (χ1v) is 13.2. The van der Waals surface area contributed by atoms with Crippen molar-refractivity contribution < 1.29 is 13.2 Å². The van der Waals surface area contributed by atoms with Crippen LogP contribution in [-0.2, 0) is 27.6 Å². The number of aryl methyl sites for hydroxylation is 1. The number of para-hydroxylation sites is 1. The van der Waals surface area contributed by atoms with Crippen molar-refractivity contribution in [1.82, 2.24) is 4.98 Å². The maximum absolute atomic E-state index is 13.4. The second-order valence-corrected chi connectivity index (χ2v) is 11.8. The summed E-state index contributed by atoms with van der Waals surface area (Å²) in [6.45, 7) is 5.75. The normalized spacial score (nSPS) is 11.8. The minimum atomic E-state index is -3.34. The van der Waals surface area contributed by atoms with E-state index >= 15 is 0 Å². The Hall–Kier alpha value is -3.03. The van der Waals surface area contributed by atoms with Gasteiger partial charge in [0.25, 0.3) is 0 Å². The van der Waals surface area contributed by atoms with Gasteiger partial charge in [0.15, 0.2) is 15.0 Å². The number of anilines is 1. The second-order valence-electron chi connectivity index (χ2n) is 8.30. The molecular weight excluding hydrogens is 452 g/mol. The van der Waals surface area contributed by atoms with Crippen LogP contribution in [0.3, 0.4) is 0 Å². The summed E-state index contributed by atoms with van der Waals surface area (Å²) in [6, 6.07) is 22.5. The van der Waals surface area contributed by atoms with Gasteiger partial charge in [-0.3, -0.25) is 9.69 Å². The van der Waals surface area contributed by atoms with E-state index in [9.17, 15) is 13.2 Å². The van der Waals surface area contributed by atoms with Crippen LogP contribution in [-0.4, -0.2) is 24.6 Å². The van der Waals surface area contributed by atoms with Crippen LogP contribution in [0.5, 0.6) is 0 Å². The summed E-state index contributed by atoms with van der Waals surface area (Å²) in [5, 5.41) is 0.168. The van der Waals surface area contributed by atoms with Gasteiger partial charge in [0.1, 0.15) is 0 Å². The first kappa shape index (κ1) is 23.1. The van der Waals surface area contributed by atoms with E-state index in [1.165, 1.54) is 11.3 Å². The van der Waals surface area contributed by atoms with Gasteiger partial charge in [0.2, 0.25) is 5.91 Å². The topological polar surface area (TPSA) is 67.3 Å². The number of benzene rings is 3. The molecule has 33 heavy (non-hydrogen) atoms. The second kappa shape index (κ2) is 9.45. The highest BCUT2D eigenvalue weighted by molar-refractivity contribution is 7.92. The Morgan fingerprint density at radius 2 is 1.64 bits per heavy atom. The van der Waals surface area contributed by atoms with Gasteiger partial charge in [-0.2, -0.15) is 0 Å². The molecule has 4 rings (SSSR count). The first-order valence-electron chi connectivity index (χ1n) is 10.8. The summed E-state index contributed by atoms with van der Waals surface area (Å²) in [7, 11) is -3.34. The molecule has 0 spiro atoms. The summed E-state index contributed by atoms with van der Waals surface area (Å²) in [6.07, 6.45) is 0.156. The quantitative estimate of drug-likeness (QED) is 0.349. The molecule has 0 bridgehead atoms. The molecule has 7 heteroatoms. The maximum atomic E-state index is 13.4. The number of aromatic nitrogens is 1. The number of carbonyl (C=O) groups is 1. The van der Waals surface area contributed by atoms with Crippen LogP contribution in [0.4, 0.5) is 5.13 Å². The molecule has 1 amide bonds. The van der Waals surface area contributed by atoms with Crippen LogP contribution < -0.4 is 4.90 Å². The molecule has 0 unspecified atom stereocenters. The third-order valence-electron chi connectivity index (χ3n) is 5.55. The lowest BCUT2D eigenvalue weighted by atomic mass is 10.1. The van der Waals surface area contributed by atoms with E-state index in [2.05, 4.69) is 0 Å². The third kappa shape index (κ3) is 4.99. The highest BCUT2D eigenvalue weighted by atomic mass is 32.2. The number of hydrogen-bond acceptors (Lipinski definition) is 5. The summed E-state index contributed by atoms with van der Waals surface area (Å²) < 4.78 is 25.8. The van der Waals surface area contributed by atoms with E-state index in [0.717, 1.165) is 26.9 Å². The van der Waals surface area contributed by atoms with Crippen molar-refractivity contribution in [2.45, 2.75) is 43.9 Å². The van der Waals surface area contributed by atoms with Crippen molar-refractivity contribution in [3.63, 3.8) is 0 Å². The van der Waals surface area contributed by atoms with Gasteiger partial charge >= 0.3 is 0 Å². The Balaban J connectivity index is 1.64. The van der Waals surface area contributed by atoms with Crippen LogP contribution in [0, 0.1) is 6.92 Å². The zero-order chi connectivity index (χ0) is 23.6. The van der Waals surface area contributed by atoms with Crippen LogP contribution in [0.1, 0.15) is 30.5 Å². The molecule has 5 nitrogen and oxygen atoms in total. The Morgan fingerprint density at radius 3 is 2.27 bits per heavy atom. The molecule has 0 atom stereocenters. The Bertz CT molecular complexity index is 1380. The highest BCUT2D eigenvalue weighted by Crippen LogP contribution is 2.32. The summed E-state index contributed by atoms with van der Waals surface area (Å²) in [4.78, 5) is 20.2. The van der Waals surface area contributed by atoms with Crippen molar-refractivity contribution in [2.24, 2.45) is 0 Å². The molecule has 0 aliphatic rings. The van der Waals surface area contributed by atoms with Gasteiger partial charge in [0, 0.05) is 0 Å². The van der Waals surface area contributed by atoms with Crippen LogP contribution in [0.25, 0.3) is 10.2 Å². The minimum Gasteiger partial charge on any atom is -0.283 e. The van der Waals surface area contributed by atoms with Crippen LogP contribution in [0.15, 0.2) is 77.7 Å². The molecule has 0 N–H and O–H groups in total. The van der Waals surface area contributed by atoms with Crippen molar-refractivity contribution in [1.29, 1.82) is 0 Å². The zero-order valence-corrected chi connectivity index (χ0v) is 20.5. The number of hydrogen-bond donors (Lipinski definition) is 0. The number of fused-ring (bicyclic) bond motifs is 1. The molecule has 1 aromatic heterocycles. The fourth-order valence-electron chi connectivity index (χ4n) is 3.56. The summed E-state index contributed by atoms with van der Waals surface area (Å²) in [5.74, 6) is -0.0879. The third-order valence-corrected chi connectivity index (χ3v) is 8.77. The Labute approximate surface area is 198 Å². The molecule has 0 radical (unpaired) electrons. The number of thiazole rings is 1. The van der Waals surface area contributed by atoms with Gasteiger partial charge in [-0.25, -0.2) is 13.4 Å². The maximum Gasteiger partial charge on any atom is 0.233 e. The Kier molecular flexibility index (Phi) is 6.63. The lowest BCUT2D eigenvalue weighted by Crippen LogP contribution is -2.31. The SMILES string of the molecule is Cc1cccc2sc(N(Cc3ccccc3)C(=O)Cc3ccc(S(=O)(=O)C(C)C)cc3)nc12. The summed E-state index contributed by atoms with van der Waals surface area (Å²) >= 11 is 1.50. The average molecular weight is 479 g/mol. The molecule has 0 fully saturated rings. The zero-order valence-electron chi connectivity index (χ0n) is 18.9. The predicted octanol–water partition coefficient (Wildman–Crippen LogP) is 5.56. The molecule has 0 saturated carbocycles. The number of amides is 1. The molecule has 3 aromatic carbocycles. The number of carbonyl (C=O) groups excluding carboxylic acids is 1. The van der Waals surface area contributed by atoms with E-state index in [1.807, 2.05) is 55.5 Å². The van der Waals surface area contributed by atoms with Crippen LogP contribution >= 0.6 is 11.3 Å². The van der Waals surface area contributed by atoms with Gasteiger partial charge in [-0.05, 0) is 55.7 Å². The van der Waals surface area contributed by atoms with Gasteiger partial charge in [-0.15, -0.1) is 0 Å². The van der Waals surface area contributed by atoms with Crippen molar-refractivity contribution in [3.05, 3.63) is 89.5 Å². The van der Waals surface area contributed by atoms with Gasteiger partial charge in [-0.1, -0.05) is 65.9 Å². The van der Waals surface area contributed by atoms with E-state index in [4.69, 9.17) is 4.98 Å². The predicted molar refractivity (Wildman–Crippen MR) is 134 cm³/mol. The fourth-order valence-corrected chi connectivity index (χ4v) is 5.68. The number of sulfone groups is 1. The smallest absolute Gasteiger partial charge is 0.233 e. The van der Waals surface area contributed by atoms with Gasteiger partial charge < -0.3 is 0 Å². The van der Waals surface area contributed by atoms with Crippen LogP contribution in [0.2, 0.25) is 0 Å². The first-order chi connectivity index (χ1) is 15.8. The largest absolute Gasteiger partial charge is 0.283 e. The average Bonchev–Trinajstić information content (AvgIpc) is 3.24. The van der Waals surface area contributed by atoms with E-state index in [1.54, 1.807) is 43.0 Å². The molecule has 0 aliphatic heterocycles. The van der Waals surface area contributed by atoms with E-state index in [-0.39, 0.29) is 17.2 Å². The monoisotopic (exact) mass is 478 g/mol. The molecule has 170 valence electrons. The summed E-state index contributed by atoms with van der Waals surface area (Å²) in [5.41, 5.74) is 3.76. The highest BCUT2D eigenvalue weighted by Gasteiger charge is 2.22. The molecule has 1 heterocycles. The minimum absolute atomic E-state index is 0.0879.